The van der Waals surface area contributed by atoms with Crippen LogP contribution in [0.15, 0.2) is 29.1 Å². The number of likely N-dealkylation sites (tertiary alicyclic amines) is 1. The second kappa shape index (κ2) is 8.08. The molecule has 4 rings (SSSR count). The van der Waals surface area contributed by atoms with Crippen LogP contribution in [0.2, 0.25) is 0 Å². The van der Waals surface area contributed by atoms with Crippen molar-refractivity contribution in [2.75, 3.05) is 25.0 Å². The van der Waals surface area contributed by atoms with Crippen molar-refractivity contribution in [3.63, 3.8) is 0 Å². The highest BCUT2D eigenvalue weighted by molar-refractivity contribution is 7.16. The van der Waals surface area contributed by atoms with Crippen molar-refractivity contribution < 1.29 is 9.59 Å². The molecule has 3 aromatic rings. The fraction of sp³-hybridized carbons (Fsp3) is 0.381. The van der Waals surface area contributed by atoms with Gasteiger partial charge in [-0.3, -0.25) is 19.1 Å². The van der Waals surface area contributed by atoms with Gasteiger partial charge in [-0.1, -0.05) is 12.1 Å². The molecular weight excluding hydrogens is 402 g/mol. The van der Waals surface area contributed by atoms with Gasteiger partial charge in [0.15, 0.2) is 0 Å². The highest BCUT2D eigenvalue weighted by Gasteiger charge is 2.25. The lowest BCUT2D eigenvalue weighted by Gasteiger charge is -2.32. The molecule has 0 bridgehead atoms. The number of carbonyl (C=O) groups is 2. The molecule has 8 nitrogen and oxygen atoms in total. The maximum Gasteiger partial charge on any atom is 0.326 e. The van der Waals surface area contributed by atoms with E-state index in [4.69, 9.17) is 5.73 Å². The summed E-state index contributed by atoms with van der Waals surface area (Å²) in [4.78, 5) is 42.6. The van der Waals surface area contributed by atoms with Gasteiger partial charge in [0.1, 0.15) is 5.00 Å². The fourth-order valence-corrected chi connectivity index (χ4v) is 5.24. The summed E-state index contributed by atoms with van der Waals surface area (Å²) in [6.07, 6.45) is 1.58. The number of anilines is 1. The van der Waals surface area contributed by atoms with E-state index < -0.39 is 5.91 Å². The third kappa shape index (κ3) is 3.78. The van der Waals surface area contributed by atoms with E-state index in [1.165, 1.54) is 11.3 Å². The molecule has 0 unspecified atom stereocenters. The molecule has 1 aromatic carbocycles. The van der Waals surface area contributed by atoms with Gasteiger partial charge in [0.05, 0.1) is 23.1 Å². The minimum atomic E-state index is -0.530. The van der Waals surface area contributed by atoms with Crippen LogP contribution < -0.4 is 16.7 Å². The Kier molecular flexibility index (Phi) is 5.48. The highest BCUT2D eigenvalue weighted by atomic mass is 32.1. The largest absolute Gasteiger partial charge is 0.365 e. The normalized spacial score (nSPS) is 15.5. The molecular formula is C21H25N5O3S. The van der Waals surface area contributed by atoms with Crippen molar-refractivity contribution in [1.29, 1.82) is 0 Å². The van der Waals surface area contributed by atoms with Crippen molar-refractivity contribution in [2.45, 2.75) is 32.7 Å². The second-order valence-electron chi connectivity index (χ2n) is 7.72. The molecule has 0 atom stereocenters. The number of benzene rings is 1. The topological polar surface area (TPSA) is 113 Å². The number of hydrogen-bond acceptors (Lipinski definition) is 5. The van der Waals surface area contributed by atoms with Crippen LogP contribution in [0.3, 0.4) is 0 Å². The number of aryl methyl sites for hydroxylation is 1. The average molecular weight is 428 g/mol. The maximum atomic E-state index is 12.6. The van der Waals surface area contributed by atoms with E-state index in [1.54, 1.807) is 0 Å². The summed E-state index contributed by atoms with van der Waals surface area (Å²) in [5.41, 5.74) is 8.36. The SMILES string of the molecule is Cc1sc(NC(=O)CN2CCC(n3c(=O)[nH]c4ccccc43)CC2)c(C(N)=O)c1C. The Balaban J connectivity index is 1.39. The average Bonchev–Trinajstić information content (AvgIpc) is 3.17. The molecule has 0 saturated carbocycles. The second-order valence-corrected chi connectivity index (χ2v) is 8.95. The number of thiophene rings is 1. The van der Waals surface area contributed by atoms with Crippen LogP contribution in [-0.4, -0.2) is 45.9 Å². The summed E-state index contributed by atoms with van der Waals surface area (Å²) in [7, 11) is 0. The molecule has 1 saturated heterocycles. The summed E-state index contributed by atoms with van der Waals surface area (Å²) in [5.74, 6) is -0.696. The standard InChI is InChI=1S/C21H25N5O3S/c1-12-13(2)30-20(18(12)19(22)28)24-17(27)11-25-9-7-14(8-10-25)26-16-6-4-3-5-15(16)23-21(26)29/h3-6,14H,7-11H2,1-2H3,(H2,22,28)(H,23,29)(H,24,27). The van der Waals surface area contributed by atoms with Gasteiger partial charge in [0.2, 0.25) is 5.91 Å². The van der Waals surface area contributed by atoms with Crippen LogP contribution in [0.1, 0.15) is 39.7 Å². The molecule has 0 aliphatic carbocycles. The molecule has 9 heteroatoms. The van der Waals surface area contributed by atoms with E-state index in [0.29, 0.717) is 10.6 Å². The monoisotopic (exact) mass is 427 g/mol. The van der Waals surface area contributed by atoms with Gasteiger partial charge in [0, 0.05) is 24.0 Å². The van der Waals surface area contributed by atoms with Crippen LogP contribution in [0, 0.1) is 13.8 Å². The number of para-hydroxylation sites is 2. The van der Waals surface area contributed by atoms with Crippen molar-refractivity contribution in [3.8, 4) is 0 Å². The van der Waals surface area contributed by atoms with Crippen LogP contribution in [-0.2, 0) is 4.79 Å². The first-order chi connectivity index (χ1) is 14.3. The molecule has 4 N–H and O–H groups in total. The number of aromatic nitrogens is 2. The Morgan fingerprint density at radius 1 is 1.23 bits per heavy atom. The molecule has 1 aliphatic heterocycles. The predicted octanol–water partition coefficient (Wildman–Crippen LogP) is 2.38. The number of rotatable bonds is 5. The lowest BCUT2D eigenvalue weighted by atomic mass is 10.0. The summed E-state index contributed by atoms with van der Waals surface area (Å²) in [6.45, 7) is 5.41. The first-order valence-corrected chi connectivity index (χ1v) is 10.8. The lowest BCUT2D eigenvalue weighted by molar-refractivity contribution is -0.117. The van der Waals surface area contributed by atoms with Gasteiger partial charge < -0.3 is 16.0 Å². The first-order valence-electron chi connectivity index (χ1n) is 9.96. The van der Waals surface area contributed by atoms with Gasteiger partial charge >= 0.3 is 5.69 Å². The van der Waals surface area contributed by atoms with E-state index in [9.17, 15) is 14.4 Å². The zero-order valence-corrected chi connectivity index (χ0v) is 17.8. The Labute approximate surface area is 177 Å². The number of hydrogen-bond donors (Lipinski definition) is 3. The van der Waals surface area contributed by atoms with Crippen molar-refractivity contribution >= 4 is 39.2 Å². The number of primary amides is 1. The molecule has 158 valence electrons. The summed E-state index contributed by atoms with van der Waals surface area (Å²) < 4.78 is 1.84. The van der Waals surface area contributed by atoms with Gasteiger partial charge in [-0.2, -0.15) is 0 Å². The van der Waals surface area contributed by atoms with Gasteiger partial charge in [0.25, 0.3) is 5.91 Å². The number of carbonyl (C=O) groups excluding carboxylic acids is 2. The maximum absolute atomic E-state index is 12.6. The zero-order chi connectivity index (χ0) is 21.4. The van der Waals surface area contributed by atoms with Gasteiger partial charge in [-0.05, 0) is 44.4 Å². The number of imidazole rings is 1. The predicted molar refractivity (Wildman–Crippen MR) is 118 cm³/mol. The number of nitrogens with one attached hydrogen (secondary N) is 2. The van der Waals surface area contributed by atoms with E-state index in [2.05, 4.69) is 15.2 Å². The quantitative estimate of drug-likeness (QED) is 0.580. The van der Waals surface area contributed by atoms with Gasteiger partial charge in [-0.25, -0.2) is 4.79 Å². The Morgan fingerprint density at radius 2 is 1.93 bits per heavy atom. The van der Waals surface area contributed by atoms with Crippen molar-refractivity contribution in [3.05, 3.63) is 50.8 Å². The first kappa shape index (κ1) is 20.4. The van der Waals surface area contributed by atoms with Gasteiger partial charge in [-0.15, -0.1) is 11.3 Å². The number of piperidine rings is 1. The molecule has 30 heavy (non-hydrogen) atoms. The fourth-order valence-electron chi connectivity index (χ4n) is 4.15. The molecule has 1 aliphatic rings. The number of amides is 2. The minimum Gasteiger partial charge on any atom is -0.365 e. The van der Waals surface area contributed by atoms with E-state index in [0.717, 1.165) is 47.4 Å². The van der Waals surface area contributed by atoms with E-state index >= 15 is 0 Å². The smallest absolute Gasteiger partial charge is 0.326 e. The minimum absolute atomic E-state index is 0.0881. The Morgan fingerprint density at radius 3 is 2.63 bits per heavy atom. The third-order valence-electron chi connectivity index (χ3n) is 5.80. The Hall–Kier alpha value is -2.91. The molecule has 0 radical (unpaired) electrons. The van der Waals surface area contributed by atoms with Crippen LogP contribution >= 0.6 is 11.3 Å². The summed E-state index contributed by atoms with van der Waals surface area (Å²) >= 11 is 1.37. The number of nitrogens with two attached hydrogens (primary N) is 1. The number of aromatic amines is 1. The van der Waals surface area contributed by atoms with E-state index in [-0.39, 0.29) is 24.2 Å². The third-order valence-corrected chi connectivity index (χ3v) is 6.92. The number of fused-ring (bicyclic) bond motifs is 1. The number of nitrogens with zero attached hydrogens (tertiary/aromatic N) is 2. The summed E-state index contributed by atoms with van der Waals surface area (Å²) in [5, 5.41) is 3.37. The molecule has 3 heterocycles. The Bertz CT molecular complexity index is 1170. The molecule has 1 fully saturated rings. The highest BCUT2D eigenvalue weighted by Crippen LogP contribution is 2.32. The number of H-pyrrole nitrogens is 1. The lowest BCUT2D eigenvalue weighted by Crippen LogP contribution is -2.41. The summed E-state index contributed by atoms with van der Waals surface area (Å²) in [6, 6.07) is 7.80. The van der Waals surface area contributed by atoms with Crippen LogP contribution in [0.25, 0.3) is 11.0 Å². The zero-order valence-electron chi connectivity index (χ0n) is 17.0. The molecule has 0 spiro atoms. The van der Waals surface area contributed by atoms with E-state index in [1.807, 2.05) is 42.7 Å². The van der Waals surface area contributed by atoms with Crippen LogP contribution in [0.5, 0.6) is 0 Å². The van der Waals surface area contributed by atoms with Crippen molar-refractivity contribution in [2.24, 2.45) is 5.73 Å². The molecule has 2 amide bonds. The molecule has 2 aromatic heterocycles. The van der Waals surface area contributed by atoms with Crippen LogP contribution in [0.4, 0.5) is 5.00 Å². The van der Waals surface area contributed by atoms with Crippen molar-refractivity contribution in [1.82, 2.24) is 14.5 Å².